The van der Waals surface area contributed by atoms with Crippen molar-refractivity contribution in [3.05, 3.63) is 59.7 Å². The lowest BCUT2D eigenvalue weighted by Gasteiger charge is -2.29. The van der Waals surface area contributed by atoms with Crippen LogP contribution in [0.15, 0.2) is 48.5 Å². The van der Waals surface area contributed by atoms with Crippen LogP contribution in [-0.2, 0) is 0 Å². The molecule has 2 amide bonds. The molecule has 0 radical (unpaired) electrons. The van der Waals surface area contributed by atoms with Crippen LogP contribution in [0.4, 0.5) is 0 Å². The van der Waals surface area contributed by atoms with Gasteiger partial charge in [-0.25, -0.2) is 0 Å². The lowest BCUT2D eigenvalue weighted by atomic mass is 9.81. The third-order valence-electron chi connectivity index (χ3n) is 9.76. The van der Waals surface area contributed by atoms with Crippen LogP contribution in [0.1, 0.15) is 163 Å². The summed E-state index contributed by atoms with van der Waals surface area (Å²) in [7, 11) is 0. The molecule has 0 aliphatic heterocycles. The van der Waals surface area contributed by atoms with Crippen molar-refractivity contribution in [2.45, 2.75) is 142 Å². The lowest BCUT2D eigenvalue weighted by Crippen LogP contribution is -2.35. The predicted octanol–water partition coefficient (Wildman–Crippen LogP) is 10.7. The van der Waals surface area contributed by atoms with Gasteiger partial charge in [-0.05, 0) is 92.5 Å². The molecule has 2 atom stereocenters. The molecule has 2 aromatic rings. The number of benzene rings is 2. The van der Waals surface area contributed by atoms with Gasteiger partial charge in [-0.3, -0.25) is 9.59 Å². The zero-order valence-corrected chi connectivity index (χ0v) is 30.4. The van der Waals surface area contributed by atoms with E-state index in [9.17, 15) is 9.59 Å². The standard InChI is InChI=1S/C42H66N2O4/c1-3-5-7-9-11-13-15-17-30-47-39-26-22-37(23-27-39)41(45)43-33-35-20-19-21-36(32-35)34-44-42(46)38-24-28-40(29-25-38)48-31-18-16-14-12-10-8-6-4-2/h22-29,35-36H,3-21,30-34H2,1-2H3,(H,43,45)(H,44,46)/t35-,36-/m1/s1. The van der Waals surface area contributed by atoms with Crippen molar-refractivity contribution in [2.75, 3.05) is 26.3 Å². The number of unbranched alkanes of at least 4 members (excludes halogenated alkanes) is 14. The van der Waals surface area contributed by atoms with Crippen LogP contribution in [0.2, 0.25) is 0 Å². The number of rotatable bonds is 26. The first kappa shape index (κ1) is 39.4. The number of amides is 2. The summed E-state index contributed by atoms with van der Waals surface area (Å²) in [5.74, 6) is 2.43. The molecule has 268 valence electrons. The molecule has 0 unspecified atom stereocenters. The number of carbonyl (C=O) groups excluding carboxylic acids is 2. The Balaban J connectivity index is 1.25. The Morgan fingerprint density at radius 1 is 0.542 bits per heavy atom. The summed E-state index contributed by atoms with van der Waals surface area (Å²) in [6, 6.07) is 15.0. The van der Waals surface area contributed by atoms with Gasteiger partial charge in [0.2, 0.25) is 0 Å². The maximum atomic E-state index is 12.8. The molecule has 48 heavy (non-hydrogen) atoms. The van der Waals surface area contributed by atoms with E-state index in [0.717, 1.165) is 63.2 Å². The minimum atomic E-state index is -0.0368. The van der Waals surface area contributed by atoms with E-state index >= 15 is 0 Å². The maximum absolute atomic E-state index is 12.8. The molecule has 2 aromatic carbocycles. The highest BCUT2D eigenvalue weighted by atomic mass is 16.5. The van der Waals surface area contributed by atoms with Crippen LogP contribution in [0.25, 0.3) is 0 Å². The lowest BCUT2D eigenvalue weighted by molar-refractivity contribution is 0.0935. The summed E-state index contributed by atoms with van der Waals surface area (Å²) in [4.78, 5) is 25.7. The van der Waals surface area contributed by atoms with Crippen molar-refractivity contribution in [1.29, 1.82) is 0 Å². The normalized spacial score (nSPS) is 16.0. The highest BCUT2D eigenvalue weighted by Crippen LogP contribution is 2.28. The van der Waals surface area contributed by atoms with Gasteiger partial charge in [0.05, 0.1) is 13.2 Å². The largest absolute Gasteiger partial charge is 0.494 e. The summed E-state index contributed by atoms with van der Waals surface area (Å²) in [6.07, 6.45) is 24.9. The van der Waals surface area contributed by atoms with Crippen LogP contribution in [0.3, 0.4) is 0 Å². The SMILES string of the molecule is CCCCCCCCCCOc1ccc(C(=O)NC[C@@H]2CCC[C@@H](CNC(=O)c3ccc(OCCCCCCCCCC)cc3)C2)cc1. The van der Waals surface area contributed by atoms with Crippen LogP contribution in [-0.4, -0.2) is 38.1 Å². The average molecular weight is 663 g/mol. The van der Waals surface area contributed by atoms with E-state index in [1.807, 2.05) is 48.5 Å². The Morgan fingerprint density at radius 2 is 0.896 bits per heavy atom. The van der Waals surface area contributed by atoms with Gasteiger partial charge in [0.25, 0.3) is 11.8 Å². The van der Waals surface area contributed by atoms with Crippen molar-refractivity contribution in [3.8, 4) is 11.5 Å². The van der Waals surface area contributed by atoms with Gasteiger partial charge in [0, 0.05) is 24.2 Å². The fraction of sp³-hybridized carbons (Fsp3) is 0.667. The van der Waals surface area contributed by atoms with Gasteiger partial charge in [-0.1, -0.05) is 110 Å². The Kier molecular flexibility index (Phi) is 20.5. The second-order valence-electron chi connectivity index (χ2n) is 14.0. The van der Waals surface area contributed by atoms with Gasteiger partial charge < -0.3 is 20.1 Å². The smallest absolute Gasteiger partial charge is 0.251 e. The first-order valence-electron chi connectivity index (χ1n) is 19.6. The molecule has 1 aliphatic carbocycles. The van der Waals surface area contributed by atoms with Gasteiger partial charge >= 0.3 is 0 Å². The van der Waals surface area contributed by atoms with Crippen LogP contribution < -0.4 is 20.1 Å². The minimum Gasteiger partial charge on any atom is -0.494 e. The second kappa shape index (κ2) is 25.0. The van der Waals surface area contributed by atoms with Crippen molar-refractivity contribution in [2.24, 2.45) is 11.8 Å². The summed E-state index contributed by atoms with van der Waals surface area (Å²) in [5, 5.41) is 6.29. The summed E-state index contributed by atoms with van der Waals surface area (Å²) >= 11 is 0. The third kappa shape index (κ3) is 16.9. The summed E-state index contributed by atoms with van der Waals surface area (Å²) < 4.78 is 11.8. The van der Waals surface area contributed by atoms with Gasteiger partial charge in [-0.2, -0.15) is 0 Å². The topological polar surface area (TPSA) is 76.7 Å². The summed E-state index contributed by atoms with van der Waals surface area (Å²) in [5.41, 5.74) is 1.33. The maximum Gasteiger partial charge on any atom is 0.251 e. The van der Waals surface area contributed by atoms with E-state index < -0.39 is 0 Å². The molecule has 0 bridgehead atoms. The molecule has 0 spiro atoms. The number of nitrogens with one attached hydrogen (secondary N) is 2. The fourth-order valence-corrected chi connectivity index (χ4v) is 6.71. The van der Waals surface area contributed by atoms with E-state index in [1.165, 1.54) is 89.9 Å². The summed E-state index contributed by atoms with van der Waals surface area (Å²) in [6.45, 7) is 7.30. The van der Waals surface area contributed by atoms with E-state index in [0.29, 0.717) is 36.1 Å². The molecule has 1 fully saturated rings. The quantitative estimate of drug-likeness (QED) is 0.0983. The predicted molar refractivity (Wildman–Crippen MR) is 199 cm³/mol. The van der Waals surface area contributed by atoms with Crippen molar-refractivity contribution < 1.29 is 19.1 Å². The highest BCUT2D eigenvalue weighted by molar-refractivity contribution is 5.94. The zero-order valence-electron chi connectivity index (χ0n) is 30.4. The fourth-order valence-electron chi connectivity index (χ4n) is 6.71. The number of carbonyl (C=O) groups is 2. The number of hydrogen-bond donors (Lipinski definition) is 2. The minimum absolute atomic E-state index is 0.0368. The molecule has 6 heteroatoms. The Hall–Kier alpha value is -3.02. The highest BCUT2D eigenvalue weighted by Gasteiger charge is 2.23. The third-order valence-corrected chi connectivity index (χ3v) is 9.76. The molecule has 1 aliphatic rings. The first-order valence-corrected chi connectivity index (χ1v) is 19.6. The molecule has 0 aromatic heterocycles. The number of ether oxygens (including phenoxy) is 2. The van der Waals surface area contributed by atoms with Crippen molar-refractivity contribution >= 4 is 11.8 Å². The first-order chi connectivity index (χ1) is 23.6. The van der Waals surface area contributed by atoms with Gasteiger partial charge in [-0.15, -0.1) is 0 Å². The zero-order chi connectivity index (χ0) is 34.1. The van der Waals surface area contributed by atoms with E-state index in [-0.39, 0.29) is 11.8 Å². The molecule has 6 nitrogen and oxygen atoms in total. The molecule has 0 heterocycles. The molecule has 3 rings (SSSR count). The van der Waals surface area contributed by atoms with E-state index in [4.69, 9.17) is 9.47 Å². The monoisotopic (exact) mass is 663 g/mol. The Labute approximate surface area is 292 Å². The second-order valence-corrected chi connectivity index (χ2v) is 14.0. The van der Waals surface area contributed by atoms with Crippen LogP contribution in [0.5, 0.6) is 11.5 Å². The number of hydrogen-bond acceptors (Lipinski definition) is 4. The van der Waals surface area contributed by atoms with E-state index in [1.54, 1.807) is 0 Å². The van der Waals surface area contributed by atoms with Crippen LogP contribution in [0, 0.1) is 11.8 Å². The molecule has 1 saturated carbocycles. The van der Waals surface area contributed by atoms with Gasteiger partial charge in [0.1, 0.15) is 11.5 Å². The Morgan fingerprint density at radius 3 is 1.27 bits per heavy atom. The molecule has 2 N–H and O–H groups in total. The van der Waals surface area contributed by atoms with E-state index in [2.05, 4.69) is 24.5 Å². The Bertz CT molecular complexity index is 1030. The van der Waals surface area contributed by atoms with Crippen LogP contribution >= 0.6 is 0 Å². The van der Waals surface area contributed by atoms with Crippen molar-refractivity contribution in [1.82, 2.24) is 10.6 Å². The van der Waals surface area contributed by atoms with Crippen molar-refractivity contribution in [3.63, 3.8) is 0 Å². The van der Waals surface area contributed by atoms with Gasteiger partial charge in [0.15, 0.2) is 0 Å². The molecule has 0 saturated heterocycles. The molecular weight excluding hydrogens is 596 g/mol. The molecular formula is C42H66N2O4. The average Bonchev–Trinajstić information content (AvgIpc) is 3.12.